The van der Waals surface area contributed by atoms with Crippen molar-refractivity contribution in [3.63, 3.8) is 0 Å². The number of rotatable bonds is 5. The van der Waals surface area contributed by atoms with Gasteiger partial charge in [0.25, 0.3) is 0 Å². The molecule has 0 amide bonds. The molecule has 3 heterocycles. The molecule has 0 saturated carbocycles. The Labute approximate surface area is 258 Å². The van der Waals surface area contributed by atoms with Crippen molar-refractivity contribution in [2.24, 2.45) is 7.05 Å². The molecule has 0 bridgehead atoms. The minimum Gasteiger partial charge on any atom is -0.705 e. The van der Waals surface area contributed by atoms with Crippen LogP contribution >= 0.6 is 0 Å². The van der Waals surface area contributed by atoms with Gasteiger partial charge in [-0.25, -0.2) is 9.37 Å². The van der Waals surface area contributed by atoms with Gasteiger partial charge < -0.3 is 21.3 Å². The molecule has 0 spiro atoms. The first-order chi connectivity index (χ1) is 19.5. The van der Waals surface area contributed by atoms with Gasteiger partial charge in [0.1, 0.15) is 5.82 Å². The number of anilines is 5. The quantitative estimate of drug-likeness (QED) is 0.158. The summed E-state index contributed by atoms with van der Waals surface area (Å²) >= 11 is 0. The summed E-state index contributed by atoms with van der Waals surface area (Å²) in [6.45, 7) is 8.21. The largest absolute Gasteiger partial charge is 2.00 e. The molecule has 0 unspecified atom stereocenters. The number of hydrogen-bond donors (Lipinski definition) is 2. The molecule has 8 nitrogen and oxygen atoms in total. The van der Waals surface area contributed by atoms with Crippen molar-refractivity contribution in [1.29, 1.82) is 0 Å². The Morgan fingerprint density at radius 3 is 2.38 bits per heavy atom. The van der Waals surface area contributed by atoms with Crippen LogP contribution in [0.2, 0.25) is 0 Å². The first kappa shape index (κ1) is 36.1. The van der Waals surface area contributed by atoms with Gasteiger partial charge in [-0.1, -0.05) is 19.9 Å². The average Bonchev–Trinajstić information content (AvgIpc) is 3.50. The molecular formula is C29H34F4N8W. The van der Waals surface area contributed by atoms with Gasteiger partial charge >= 0.3 is 27.2 Å². The van der Waals surface area contributed by atoms with E-state index in [0.717, 1.165) is 36.0 Å². The molecule has 0 radical (unpaired) electrons. The van der Waals surface area contributed by atoms with Crippen molar-refractivity contribution in [2.75, 3.05) is 29.1 Å². The van der Waals surface area contributed by atoms with Gasteiger partial charge in [-0.2, -0.15) is 47.7 Å². The zero-order valence-corrected chi connectivity index (χ0v) is 27.0. The molecule has 0 saturated heterocycles. The summed E-state index contributed by atoms with van der Waals surface area (Å²) in [5.74, 6) is 0.521. The van der Waals surface area contributed by atoms with Crippen LogP contribution in [0.3, 0.4) is 0 Å². The maximum Gasteiger partial charge on any atom is 2.00 e. The van der Waals surface area contributed by atoms with Crippen molar-refractivity contribution in [2.45, 2.75) is 33.4 Å². The minimum atomic E-state index is -4.00. The summed E-state index contributed by atoms with van der Waals surface area (Å²) < 4.78 is 47.1. The van der Waals surface area contributed by atoms with Gasteiger partial charge in [-0.05, 0) is 35.4 Å². The van der Waals surface area contributed by atoms with Gasteiger partial charge in [0.2, 0.25) is 5.95 Å². The molecular weight excluding hydrogens is 720 g/mol. The van der Waals surface area contributed by atoms with Crippen LogP contribution in [0.25, 0.3) is 16.9 Å². The normalized spacial score (nSPS) is 11.2. The molecule has 0 atom stereocenters. The van der Waals surface area contributed by atoms with E-state index >= 15 is 0 Å². The second kappa shape index (κ2) is 17.1. The van der Waals surface area contributed by atoms with Crippen LogP contribution in [0.15, 0.2) is 67.8 Å². The molecule has 1 aliphatic rings. The fraction of sp³-hybridized carbons (Fsp3) is 0.276. The van der Waals surface area contributed by atoms with E-state index in [1.807, 2.05) is 33.2 Å². The van der Waals surface area contributed by atoms with E-state index in [1.54, 1.807) is 23.1 Å². The van der Waals surface area contributed by atoms with E-state index in [9.17, 15) is 17.6 Å². The van der Waals surface area contributed by atoms with E-state index in [4.69, 9.17) is 5.73 Å². The molecule has 0 fully saturated rings. The summed E-state index contributed by atoms with van der Waals surface area (Å²) in [5, 5.41) is 10.4. The predicted molar refractivity (Wildman–Crippen MR) is 157 cm³/mol. The van der Waals surface area contributed by atoms with Gasteiger partial charge in [0, 0.05) is 57.0 Å². The number of nitrogens with zero attached hydrogens (tertiary/aromatic N) is 5. The number of alkyl halides is 3. The molecule has 5 rings (SSSR count). The minimum absolute atomic E-state index is 0. The topological polar surface area (TPSA) is 94.7 Å². The summed E-state index contributed by atoms with van der Waals surface area (Å²) in [7, 11) is 3.93. The number of likely N-dealkylation sites (N-methyl/N-ethyl adjacent to an activating group) is 1. The maximum atomic E-state index is 14.3. The van der Waals surface area contributed by atoms with Crippen LogP contribution in [0.5, 0.6) is 0 Å². The summed E-state index contributed by atoms with van der Waals surface area (Å²) in [5.41, 5.74) is 11.3. The summed E-state index contributed by atoms with van der Waals surface area (Å²) in [6.07, 6.45) is 3.26. The fourth-order valence-corrected chi connectivity index (χ4v) is 3.73. The fourth-order valence-electron chi connectivity index (χ4n) is 3.73. The molecule has 13 heteroatoms. The molecule has 0 aliphatic carbocycles. The van der Waals surface area contributed by atoms with Gasteiger partial charge in [0.05, 0.1) is 11.9 Å². The van der Waals surface area contributed by atoms with E-state index in [2.05, 4.69) is 62.4 Å². The first-order valence-corrected chi connectivity index (χ1v) is 12.7. The predicted octanol–water partition coefficient (Wildman–Crippen LogP) is 8.07. The van der Waals surface area contributed by atoms with Crippen LogP contribution in [-0.4, -0.2) is 39.5 Å². The van der Waals surface area contributed by atoms with Crippen LogP contribution in [0, 0.1) is 11.9 Å². The van der Waals surface area contributed by atoms with Crippen LogP contribution in [-0.2, 0) is 34.5 Å². The Kier molecular flexibility index (Phi) is 14.7. The van der Waals surface area contributed by atoms with Crippen LogP contribution in [0.1, 0.15) is 26.3 Å². The van der Waals surface area contributed by atoms with Crippen molar-refractivity contribution < 1.29 is 38.6 Å². The van der Waals surface area contributed by atoms with Crippen molar-refractivity contribution in [1.82, 2.24) is 19.7 Å². The molecule has 2 aromatic carbocycles. The Bertz CT molecular complexity index is 1400. The standard InChI is InChI=1S/C23H21FN7.C2H3F3.C2H4N.C2H6.W/c1-30-10-9-16-11-15(7-8-21(16)30)18-13-25-23(27-17-12-26-31(2)14-17)29-22(18)28-20-6-4-3-5-19(20)24;1-2(3,4)5;1-2-3;1-2;/h3,5-8,11-14H,9-10H2,1-2H3,(H2,25,27,28,29);1H3;2-3H,1H2;1-2H3;/q-1;;-1;;+2. The van der Waals surface area contributed by atoms with E-state index in [1.165, 1.54) is 23.4 Å². The summed E-state index contributed by atoms with van der Waals surface area (Å²) in [4.78, 5) is 11.4. The van der Waals surface area contributed by atoms with Crippen molar-refractivity contribution in [3.8, 4) is 11.1 Å². The van der Waals surface area contributed by atoms with E-state index in [-0.39, 0.29) is 33.8 Å². The molecule has 3 N–H and O–H groups in total. The SMILES string of the molecule is C=C[NH-].CC.CC(F)(F)F.CN1CCc2cc(-c3cnc(Nc4cnn(C)c4)nc3Nc3c[c-]ccc3F)ccc21.[W+2]. The average molecular weight is 754 g/mol. The second-order valence-corrected chi connectivity index (χ2v) is 8.51. The zero-order valence-electron chi connectivity index (χ0n) is 24.1. The third kappa shape index (κ3) is 11.2. The monoisotopic (exact) mass is 754 g/mol. The maximum absolute atomic E-state index is 14.3. The Morgan fingerprint density at radius 1 is 1.12 bits per heavy atom. The number of halogens is 4. The van der Waals surface area contributed by atoms with E-state index < -0.39 is 6.18 Å². The molecule has 42 heavy (non-hydrogen) atoms. The first-order valence-electron chi connectivity index (χ1n) is 12.7. The van der Waals surface area contributed by atoms with Gasteiger partial charge in [-0.3, -0.25) is 4.68 Å². The third-order valence-corrected chi connectivity index (χ3v) is 5.33. The Balaban J connectivity index is 0.000000707. The molecule has 4 aromatic rings. The van der Waals surface area contributed by atoms with E-state index in [0.29, 0.717) is 17.5 Å². The number of fused-ring (bicyclic) bond motifs is 1. The number of aromatic nitrogens is 4. The zero-order chi connectivity index (χ0) is 30.6. The van der Waals surface area contributed by atoms with Crippen molar-refractivity contribution in [3.05, 3.63) is 90.9 Å². The summed E-state index contributed by atoms with van der Waals surface area (Å²) in [6, 6.07) is 13.7. The van der Waals surface area contributed by atoms with Crippen molar-refractivity contribution >= 4 is 28.8 Å². The molecule has 224 valence electrons. The molecule has 2 aromatic heterocycles. The number of nitrogens with one attached hydrogen (secondary N) is 3. The van der Waals surface area contributed by atoms with Gasteiger partial charge in [0.15, 0.2) is 0 Å². The smallest absolute Gasteiger partial charge is 0.705 e. The third-order valence-electron chi connectivity index (χ3n) is 5.33. The number of benzene rings is 2. The number of hydrogen-bond acceptors (Lipinski definition) is 6. The Hall–Kier alpha value is -3.92. The molecule has 1 aliphatic heterocycles. The second-order valence-electron chi connectivity index (χ2n) is 8.51. The Morgan fingerprint density at radius 2 is 1.79 bits per heavy atom. The van der Waals surface area contributed by atoms with Crippen LogP contribution in [0.4, 0.5) is 46.4 Å². The van der Waals surface area contributed by atoms with Crippen LogP contribution < -0.4 is 15.5 Å². The number of aryl methyl sites for hydroxylation is 1. The van der Waals surface area contributed by atoms with Gasteiger partial charge in [-0.15, -0.1) is 12.6 Å².